The number of thioether (sulfide) groups is 5. The lowest BCUT2D eigenvalue weighted by atomic mass is 9.77. The molecule has 0 spiro atoms. The molecule has 0 bridgehead atoms. The van der Waals surface area contributed by atoms with Crippen LogP contribution in [0.2, 0.25) is 20.1 Å². The van der Waals surface area contributed by atoms with Crippen molar-refractivity contribution >= 4 is 162 Å². The Morgan fingerprint density at radius 2 is 0.644 bits per heavy atom. The molecule has 10 rings (SSSR count). The van der Waals surface area contributed by atoms with E-state index >= 15 is 0 Å². The van der Waals surface area contributed by atoms with Gasteiger partial charge in [-0.25, -0.2) is 0 Å². The van der Waals surface area contributed by atoms with Crippen molar-refractivity contribution < 1.29 is 25.5 Å². The van der Waals surface area contributed by atoms with Gasteiger partial charge in [0.25, 0.3) is 0 Å². The van der Waals surface area contributed by atoms with Crippen LogP contribution < -0.4 is 0 Å². The average molecular weight is 1630 g/mol. The third-order valence-electron chi connectivity index (χ3n) is 17.2. The predicted octanol–water partition coefficient (Wildman–Crippen LogP) is 24.1. The highest BCUT2D eigenvalue weighted by atomic mass is 35.5. The molecule has 0 aliphatic carbocycles. The van der Waals surface area contributed by atoms with E-state index in [0.717, 1.165) is 44.1 Å². The number of aliphatic hydroxyl groups is 5. The Bertz CT molecular complexity index is 3960. The predicted molar refractivity (Wildman–Crippen MR) is 443 cm³/mol. The fourth-order valence-corrected chi connectivity index (χ4v) is 22.5. The molecule has 546 valence electrons. The topological polar surface area (TPSA) is 166 Å². The third kappa shape index (κ3) is 23.7. The summed E-state index contributed by atoms with van der Waals surface area (Å²) in [5, 5.41) is 58.6. The molecule has 5 aromatic heterocycles. The Kier molecular flexibility index (Phi) is 32.4. The van der Waals surface area contributed by atoms with Gasteiger partial charge < -0.3 is 25.5 Å². The van der Waals surface area contributed by atoms with E-state index in [1.54, 1.807) is 118 Å². The zero-order chi connectivity index (χ0) is 74.9. The summed E-state index contributed by atoms with van der Waals surface area (Å²) in [6.45, 7) is 35.0. The second kappa shape index (κ2) is 37.7. The van der Waals surface area contributed by atoms with Crippen molar-refractivity contribution in [1.29, 1.82) is 0 Å². The van der Waals surface area contributed by atoms with Gasteiger partial charge in [-0.3, -0.25) is 24.9 Å². The lowest BCUT2D eigenvalue weighted by molar-refractivity contribution is -0.0393. The van der Waals surface area contributed by atoms with Crippen molar-refractivity contribution in [1.82, 2.24) is 24.9 Å². The first-order valence-electron chi connectivity index (χ1n) is 32.4. The van der Waals surface area contributed by atoms with Crippen LogP contribution in [0.15, 0.2) is 198 Å². The van der Waals surface area contributed by atoms with Crippen molar-refractivity contribution in [3.8, 4) is 0 Å². The standard InChI is InChI=1S/C17H23NOS2.C15H17Cl2NOS2.2C15H18ClNOS2.C15H19NOS2/c1-12-6-7-13(2)14(8-12)20-10-17(19,16(3,4)5)15-9-18-11-21-15;1-14(2,3)15(19,13-7-18-9-21-13)8-20-12-6-10(16)4-5-11(12)17;1-14(2,3)15(18,13-8-17-10-20-13)9-19-12-6-4-5-11(16)7-12;1-14(2,3)15(18,13-8-17-10-20-13)9-19-12-7-5-4-6-11(12)16;1-14(2,3)15(17,13-9-16-11-19-13)10-18-12-7-5-4-6-8-12/h6-9,11,19H,10H2,1-5H3;4-7,9,19H,8H2,1-3H3;2*4-8,10,18H,9H2,1-3H3;4-9,11,17H,10H2,1-3H3. The number of nitrogens with zero attached hydrogens (tertiary/aromatic N) is 5. The SMILES string of the molecule is CC(C)(C)C(O)(CSc1cc(Cl)ccc1Cl)c1cncs1.CC(C)(C)C(O)(CSc1cccc(Cl)c1)c1cncs1.CC(C)(C)C(O)(CSc1ccccc1)c1cncs1.CC(C)(C)C(O)(CSc1ccccc1Cl)c1cncs1.Cc1ccc(C)c(SCC(O)(c2cncs2)C(C)(C)C)c1. The van der Waals surface area contributed by atoms with Crippen LogP contribution in [-0.4, -0.2) is 79.2 Å². The van der Waals surface area contributed by atoms with E-state index < -0.39 is 28.0 Å². The van der Waals surface area contributed by atoms with Gasteiger partial charge in [-0.2, -0.15) is 0 Å². The van der Waals surface area contributed by atoms with Crippen LogP contribution >= 0.6 is 162 Å². The fraction of sp³-hybridized carbons (Fsp3) is 0.416. The van der Waals surface area contributed by atoms with Crippen molar-refractivity contribution in [3.63, 3.8) is 0 Å². The maximum Gasteiger partial charge on any atom is 0.114 e. The molecule has 0 aliphatic heterocycles. The molecule has 0 fully saturated rings. The summed E-state index contributed by atoms with van der Waals surface area (Å²) < 4.78 is 0. The van der Waals surface area contributed by atoms with Gasteiger partial charge in [0.1, 0.15) is 28.0 Å². The van der Waals surface area contributed by atoms with Crippen molar-refractivity contribution in [2.75, 3.05) is 28.8 Å². The van der Waals surface area contributed by atoms with Gasteiger partial charge in [-0.15, -0.1) is 115 Å². The van der Waals surface area contributed by atoms with Crippen LogP contribution in [0.25, 0.3) is 0 Å². The maximum atomic E-state index is 11.3. The second-order valence-corrected chi connectivity index (χ2v) is 40.6. The van der Waals surface area contributed by atoms with E-state index in [4.69, 9.17) is 46.4 Å². The highest BCUT2D eigenvalue weighted by Gasteiger charge is 2.47. The van der Waals surface area contributed by atoms with Gasteiger partial charge in [-0.05, 0) is 113 Å². The molecule has 0 amide bonds. The Labute approximate surface area is 661 Å². The zero-order valence-corrected chi connectivity index (χ0v) is 71.5. The molecule has 10 nitrogen and oxygen atoms in total. The fourth-order valence-electron chi connectivity index (χ4n) is 9.39. The molecule has 24 heteroatoms. The highest BCUT2D eigenvalue weighted by molar-refractivity contribution is 8.00. The number of aryl methyl sites for hydroxylation is 2. The molecule has 101 heavy (non-hydrogen) atoms. The minimum Gasteiger partial charge on any atom is -0.383 e. The molecule has 0 saturated carbocycles. The first-order chi connectivity index (χ1) is 47.1. The minimum atomic E-state index is -0.982. The van der Waals surface area contributed by atoms with Crippen molar-refractivity contribution in [2.24, 2.45) is 27.1 Å². The Morgan fingerprint density at radius 1 is 0.317 bits per heavy atom. The van der Waals surface area contributed by atoms with E-state index in [1.807, 2.05) is 135 Å². The zero-order valence-electron chi connectivity index (χ0n) is 60.3. The number of hydrogen-bond acceptors (Lipinski definition) is 20. The lowest BCUT2D eigenvalue weighted by Gasteiger charge is -2.39. The molecule has 10 aromatic rings. The largest absolute Gasteiger partial charge is 0.383 e. The second-order valence-electron chi connectivity index (χ2n) is 29.4. The Balaban J connectivity index is 0.000000199. The number of halogens is 4. The highest BCUT2D eigenvalue weighted by Crippen LogP contribution is 2.50. The summed E-state index contributed by atoms with van der Waals surface area (Å²) in [5.41, 5.74) is 5.39. The summed E-state index contributed by atoms with van der Waals surface area (Å²) in [4.78, 5) is 30.4. The molecule has 5 unspecified atom stereocenters. The first-order valence-corrected chi connectivity index (χ1v) is 43.2. The van der Waals surface area contributed by atoms with E-state index in [9.17, 15) is 25.5 Å². The summed E-state index contributed by atoms with van der Waals surface area (Å²) in [6, 6.07) is 37.4. The molecule has 0 aliphatic rings. The molecule has 5 aromatic carbocycles. The third-order valence-corrected chi connectivity index (χ3v) is 29.3. The molecule has 5 heterocycles. The molecule has 0 saturated heterocycles. The molecule has 5 N–H and O–H groups in total. The van der Waals surface area contributed by atoms with Gasteiger partial charge in [0, 0.05) is 94.3 Å². The summed E-state index contributed by atoms with van der Waals surface area (Å²) >= 11 is 40.0. The molecule has 0 radical (unpaired) electrons. The quantitative estimate of drug-likeness (QED) is 0.0457. The van der Waals surface area contributed by atoms with E-state index in [0.29, 0.717) is 43.8 Å². The van der Waals surface area contributed by atoms with Crippen LogP contribution in [0, 0.1) is 40.9 Å². The van der Waals surface area contributed by atoms with Gasteiger partial charge in [0.2, 0.25) is 0 Å². The van der Waals surface area contributed by atoms with Gasteiger partial charge in [-0.1, -0.05) is 204 Å². The van der Waals surface area contributed by atoms with Crippen LogP contribution in [0.4, 0.5) is 0 Å². The molecular weight excluding hydrogens is 1540 g/mol. The summed E-state index contributed by atoms with van der Waals surface area (Å²) in [5.74, 6) is 2.85. The minimum absolute atomic E-state index is 0.235. The van der Waals surface area contributed by atoms with E-state index in [1.165, 1.54) is 89.4 Å². The monoisotopic (exact) mass is 1630 g/mol. The molecular formula is C77H95Cl4N5O5S10. The van der Waals surface area contributed by atoms with Crippen molar-refractivity contribution in [2.45, 2.75) is 170 Å². The number of thiazole rings is 5. The Hall–Kier alpha value is -3.04. The van der Waals surface area contributed by atoms with Crippen LogP contribution in [0.5, 0.6) is 0 Å². The van der Waals surface area contributed by atoms with Gasteiger partial charge in [0.15, 0.2) is 0 Å². The van der Waals surface area contributed by atoms with Crippen LogP contribution in [0.3, 0.4) is 0 Å². The van der Waals surface area contributed by atoms with Gasteiger partial charge in [0.05, 0.1) is 62.0 Å². The number of benzene rings is 5. The molecule has 5 atom stereocenters. The Morgan fingerprint density at radius 3 is 1.01 bits per heavy atom. The number of aromatic nitrogens is 5. The smallest absolute Gasteiger partial charge is 0.114 e. The van der Waals surface area contributed by atoms with Crippen molar-refractivity contribution in [3.05, 3.63) is 229 Å². The van der Waals surface area contributed by atoms with Gasteiger partial charge >= 0.3 is 0 Å². The lowest BCUT2D eigenvalue weighted by Crippen LogP contribution is -2.41. The first kappa shape index (κ1) is 86.9. The summed E-state index contributed by atoms with van der Waals surface area (Å²) in [6.07, 6.45) is 8.81. The number of rotatable bonds is 20. The average Bonchev–Trinajstić information content (AvgIpc) is 1.81. The number of hydrogen-bond donors (Lipinski definition) is 5. The van der Waals surface area contributed by atoms with E-state index in [-0.39, 0.29) is 27.1 Å². The normalized spacial score (nSPS) is 15.0. The van der Waals surface area contributed by atoms with E-state index in [2.05, 4.69) is 111 Å². The summed E-state index contributed by atoms with van der Waals surface area (Å²) in [7, 11) is 0. The van der Waals surface area contributed by atoms with Crippen LogP contribution in [0.1, 0.15) is 139 Å². The van der Waals surface area contributed by atoms with Crippen LogP contribution in [-0.2, 0) is 28.0 Å². The maximum absolute atomic E-state index is 11.3.